The molecule has 162 valence electrons. The molecule has 3 aromatic carbocycles. The highest BCUT2D eigenvalue weighted by Gasteiger charge is 2.15. The number of aliphatic hydroxyl groups excluding tert-OH is 1. The van der Waals surface area contributed by atoms with E-state index in [1.165, 1.54) is 0 Å². The summed E-state index contributed by atoms with van der Waals surface area (Å²) >= 11 is 0. The second kappa shape index (κ2) is 10.2. The predicted octanol–water partition coefficient (Wildman–Crippen LogP) is 0.423. The Labute approximate surface area is 187 Å². The summed E-state index contributed by atoms with van der Waals surface area (Å²) in [6, 6.07) is 25.3. The zero-order chi connectivity index (χ0) is 20.9. The summed E-state index contributed by atoms with van der Waals surface area (Å²) in [5, 5.41) is 19.4. The number of hydrogen-bond acceptors (Lipinski definition) is 4. The quantitative estimate of drug-likeness (QED) is 0.419. The van der Waals surface area contributed by atoms with E-state index in [0.29, 0.717) is 23.7 Å². The monoisotopic (exact) mass is 438 g/mol. The Morgan fingerprint density at radius 1 is 0.839 bits per heavy atom. The fourth-order valence-corrected chi connectivity index (χ4v) is 3.59. The van der Waals surface area contributed by atoms with Crippen molar-refractivity contribution in [2.75, 3.05) is 13.7 Å². The normalized spacial score (nSPS) is 11.7. The molecule has 0 aliphatic heterocycles. The lowest BCUT2D eigenvalue weighted by atomic mass is 10.2. The van der Waals surface area contributed by atoms with Gasteiger partial charge in [0.15, 0.2) is 11.5 Å². The molecule has 1 aromatic heterocycles. The van der Waals surface area contributed by atoms with Gasteiger partial charge >= 0.3 is 0 Å². The number of halogens is 1. The van der Waals surface area contributed by atoms with E-state index in [0.717, 1.165) is 16.6 Å². The van der Waals surface area contributed by atoms with Gasteiger partial charge in [-0.1, -0.05) is 54.6 Å². The van der Waals surface area contributed by atoms with Crippen molar-refractivity contribution in [1.82, 2.24) is 9.13 Å². The molecule has 0 aliphatic rings. The number of nitrogens with zero attached hydrogens (tertiary/aromatic N) is 2. The second-order valence-electron chi connectivity index (χ2n) is 7.11. The van der Waals surface area contributed by atoms with Gasteiger partial charge in [-0.2, -0.15) is 0 Å². The second-order valence-corrected chi connectivity index (χ2v) is 7.11. The Hall–Kier alpha value is -3.22. The predicted molar refractivity (Wildman–Crippen MR) is 116 cm³/mol. The third kappa shape index (κ3) is 4.93. The average molecular weight is 439 g/mol. The lowest BCUT2D eigenvalue weighted by Crippen LogP contribution is -3.00. The number of nitrogens with one attached hydrogen (secondary N) is 1. The van der Waals surface area contributed by atoms with E-state index >= 15 is 0 Å². The minimum Gasteiger partial charge on any atom is -1.00 e. The van der Waals surface area contributed by atoms with Crippen molar-refractivity contribution in [3.8, 4) is 11.5 Å². The Morgan fingerprint density at radius 3 is 2.10 bits per heavy atom. The largest absolute Gasteiger partial charge is 1.00 e. The number of fused-ring (bicyclic) bond motifs is 1. The topological polar surface area (TPSA) is 72.4 Å². The van der Waals surface area contributed by atoms with E-state index < -0.39 is 6.10 Å². The third-order valence-electron chi connectivity index (χ3n) is 5.05. The van der Waals surface area contributed by atoms with Crippen LogP contribution in [0.5, 0.6) is 11.5 Å². The Morgan fingerprint density at radius 2 is 1.42 bits per heavy atom. The lowest BCUT2D eigenvalue weighted by molar-refractivity contribution is -0.00000858. The van der Waals surface area contributed by atoms with E-state index in [4.69, 9.17) is 14.9 Å². The van der Waals surface area contributed by atoms with Crippen LogP contribution in [0.25, 0.3) is 11.0 Å². The number of hydrogen-bond donors (Lipinski definition) is 2. The molecule has 0 bridgehead atoms. The van der Waals surface area contributed by atoms with Crippen LogP contribution in [-0.4, -0.2) is 34.1 Å². The lowest BCUT2D eigenvalue weighted by Gasteiger charge is -2.15. The van der Waals surface area contributed by atoms with Crippen LogP contribution in [0.4, 0.5) is 0 Å². The molecule has 0 fully saturated rings. The molecule has 0 radical (unpaired) electrons. The summed E-state index contributed by atoms with van der Waals surface area (Å²) in [7, 11) is 1.59. The molecule has 0 saturated carbocycles. The zero-order valence-electron chi connectivity index (χ0n) is 17.2. The van der Waals surface area contributed by atoms with Gasteiger partial charge in [-0.25, -0.2) is 0 Å². The maximum atomic E-state index is 10.6. The number of aliphatic hydroxyl groups is 1. The first-order valence-electron chi connectivity index (χ1n) is 9.88. The van der Waals surface area contributed by atoms with Gasteiger partial charge in [-0.05, 0) is 29.8 Å². The van der Waals surface area contributed by atoms with Crippen molar-refractivity contribution in [2.24, 2.45) is 0 Å². The fourth-order valence-electron chi connectivity index (χ4n) is 3.59. The Kier molecular flexibility index (Phi) is 7.39. The SMILES string of the molecule is COc1ccccc1OCC(O)Cn1c(=N)n(Cc2ccccc2)c2ccccc21.[Cl-]. The Balaban J connectivity index is 0.00000272. The summed E-state index contributed by atoms with van der Waals surface area (Å²) in [5.74, 6) is 1.21. The molecule has 0 aliphatic carbocycles. The highest BCUT2D eigenvalue weighted by Crippen LogP contribution is 2.26. The van der Waals surface area contributed by atoms with Crippen LogP contribution in [0.15, 0.2) is 78.9 Å². The van der Waals surface area contributed by atoms with Crippen LogP contribution in [-0.2, 0) is 13.1 Å². The van der Waals surface area contributed by atoms with E-state index in [1.54, 1.807) is 13.2 Å². The van der Waals surface area contributed by atoms with Gasteiger partial charge in [0.05, 0.1) is 31.2 Å². The molecule has 1 unspecified atom stereocenters. The molecular formula is C24H25ClN3O3-. The minimum atomic E-state index is -0.778. The van der Waals surface area contributed by atoms with Crippen LogP contribution in [0.1, 0.15) is 5.56 Å². The van der Waals surface area contributed by atoms with Crippen molar-refractivity contribution in [1.29, 1.82) is 5.41 Å². The highest BCUT2D eigenvalue weighted by atomic mass is 35.5. The van der Waals surface area contributed by atoms with Gasteiger partial charge in [0, 0.05) is 0 Å². The van der Waals surface area contributed by atoms with Gasteiger partial charge in [-0.3, -0.25) is 5.41 Å². The maximum Gasteiger partial charge on any atom is 0.203 e. The summed E-state index contributed by atoms with van der Waals surface area (Å²) in [5.41, 5.74) is 3.34. The maximum absolute atomic E-state index is 10.6. The average Bonchev–Trinajstić information content (AvgIpc) is 3.04. The van der Waals surface area contributed by atoms with Crippen LogP contribution in [0, 0.1) is 5.41 Å². The standard InChI is InChI=1S/C24H25N3O3.ClH/c1-29-22-13-7-8-14-23(22)30-17-19(28)16-27-21-12-6-5-11-20(21)26(24(27)25)15-18-9-3-2-4-10-18;/h2-14,19,25,28H,15-17H2,1H3;1H/p-1. The van der Waals surface area contributed by atoms with Gasteiger partial charge in [0.25, 0.3) is 0 Å². The van der Waals surface area contributed by atoms with Gasteiger partial charge in [0.1, 0.15) is 12.7 Å². The Bertz CT molecular complexity index is 1190. The highest BCUT2D eigenvalue weighted by molar-refractivity contribution is 5.76. The molecule has 4 aromatic rings. The zero-order valence-corrected chi connectivity index (χ0v) is 18.0. The molecular weight excluding hydrogens is 414 g/mol. The van der Waals surface area contributed by atoms with Crippen molar-refractivity contribution in [3.63, 3.8) is 0 Å². The van der Waals surface area contributed by atoms with Crippen molar-refractivity contribution >= 4 is 11.0 Å². The molecule has 4 rings (SSSR count). The number of methoxy groups -OCH3 is 1. The molecule has 7 heteroatoms. The van der Waals surface area contributed by atoms with Gasteiger partial charge in [-0.15, -0.1) is 0 Å². The molecule has 1 heterocycles. The van der Waals surface area contributed by atoms with E-state index in [9.17, 15) is 5.11 Å². The number of para-hydroxylation sites is 4. The number of benzene rings is 3. The smallest absolute Gasteiger partial charge is 0.203 e. The van der Waals surface area contributed by atoms with Crippen molar-refractivity contribution in [3.05, 3.63) is 90.0 Å². The molecule has 2 N–H and O–H groups in total. The molecule has 1 atom stereocenters. The van der Waals surface area contributed by atoms with E-state index in [-0.39, 0.29) is 25.6 Å². The summed E-state index contributed by atoms with van der Waals surface area (Å²) in [6.45, 7) is 0.961. The van der Waals surface area contributed by atoms with Crippen LogP contribution in [0.2, 0.25) is 0 Å². The summed E-state index contributed by atoms with van der Waals surface area (Å²) in [4.78, 5) is 0. The van der Waals surface area contributed by atoms with Crippen molar-refractivity contribution in [2.45, 2.75) is 19.2 Å². The summed E-state index contributed by atoms with van der Waals surface area (Å²) in [6.07, 6.45) is -0.778. The number of imidazole rings is 1. The molecule has 0 spiro atoms. The van der Waals surface area contributed by atoms with Crippen molar-refractivity contribution < 1.29 is 27.0 Å². The van der Waals surface area contributed by atoms with Crippen LogP contribution in [0.3, 0.4) is 0 Å². The first-order chi connectivity index (χ1) is 14.7. The molecule has 0 amide bonds. The minimum absolute atomic E-state index is 0. The van der Waals surface area contributed by atoms with Crippen LogP contribution < -0.4 is 27.5 Å². The van der Waals surface area contributed by atoms with Gasteiger partial charge < -0.3 is 36.1 Å². The summed E-state index contributed by atoms with van der Waals surface area (Å²) < 4.78 is 14.8. The van der Waals surface area contributed by atoms with Crippen LogP contribution >= 0.6 is 0 Å². The molecule has 0 saturated heterocycles. The number of ether oxygens (including phenoxy) is 2. The molecule has 31 heavy (non-hydrogen) atoms. The first-order valence-corrected chi connectivity index (χ1v) is 9.88. The number of aromatic nitrogens is 2. The molecule has 6 nitrogen and oxygen atoms in total. The van der Waals surface area contributed by atoms with Gasteiger partial charge in [0.2, 0.25) is 5.62 Å². The first kappa shape index (κ1) is 22.5. The number of rotatable bonds is 8. The van der Waals surface area contributed by atoms with E-state index in [1.807, 2.05) is 69.8 Å². The third-order valence-corrected chi connectivity index (χ3v) is 5.05. The fraction of sp³-hybridized carbons (Fsp3) is 0.208. The van der Waals surface area contributed by atoms with E-state index in [2.05, 4.69) is 12.1 Å².